The molecule has 0 aromatic heterocycles. The molecule has 0 spiro atoms. The maximum absolute atomic E-state index is 11.4. The second-order valence-corrected chi connectivity index (χ2v) is 5.50. The molecule has 0 aromatic carbocycles. The number of Topliss-reactive ketones (excluding diaryl/α,β-unsaturated/α-hetero) is 1. The second-order valence-electron chi connectivity index (χ2n) is 4.21. The number of allylic oxidation sites excluding steroid dienone is 1. The van der Waals surface area contributed by atoms with Crippen molar-refractivity contribution in [2.24, 2.45) is 0 Å². The van der Waals surface area contributed by atoms with E-state index < -0.39 is 0 Å². The van der Waals surface area contributed by atoms with Crippen LogP contribution in [-0.4, -0.2) is 16.8 Å². The summed E-state index contributed by atoms with van der Waals surface area (Å²) in [6.07, 6.45) is 6.91. The van der Waals surface area contributed by atoms with Crippen LogP contribution in [0.1, 0.15) is 45.4 Å². The van der Waals surface area contributed by atoms with Gasteiger partial charge in [0.2, 0.25) is 0 Å². The summed E-state index contributed by atoms with van der Waals surface area (Å²) < 4.78 is 0. The van der Waals surface area contributed by atoms with Gasteiger partial charge in [0.25, 0.3) is 0 Å². The Balaban J connectivity index is 2.05. The molecule has 0 N–H and O–H groups in total. The maximum Gasteiger partial charge on any atom is 0.143 e. The van der Waals surface area contributed by atoms with Gasteiger partial charge in [-0.1, -0.05) is 18.4 Å². The van der Waals surface area contributed by atoms with E-state index in [1.54, 1.807) is 0 Å². The van der Waals surface area contributed by atoms with Crippen molar-refractivity contribution in [1.82, 2.24) is 0 Å². The largest absolute Gasteiger partial charge is 0.299 e. The van der Waals surface area contributed by atoms with E-state index in [9.17, 15) is 4.79 Å². The molecule has 0 radical (unpaired) electrons. The quantitative estimate of drug-likeness (QED) is 0.626. The molecule has 2 heteroatoms. The minimum atomic E-state index is 0.393. The first-order chi connectivity index (χ1) is 6.68. The summed E-state index contributed by atoms with van der Waals surface area (Å²) in [5.41, 5.74) is 1.12. The van der Waals surface area contributed by atoms with Crippen molar-refractivity contribution in [2.45, 2.75) is 50.7 Å². The molecule has 0 aliphatic heterocycles. The highest BCUT2D eigenvalue weighted by Crippen LogP contribution is 2.29. The SMILES string of the molecule is C=C(C)CCC(=O)CSC1CCCC1. The van der Waals surface area contributed by atoms with Crippen LogP contribution in [0.4, 0.5) is 0 Å². The smallest absolute Gasteiger partial charge is 0.143 e. The molecular formula is C12H20OS. The summed E-state index contributed by atoms with van der Waals surface area (Å²) in [5.74, 6) is 1.11. The van der Waals surface area contributed by atoms with Crippen LogP contribution in [-0.2, 0) is 4.79 Å². The van der Waals surface area contributed by atoms with Crippen molar-refractivity contribution in [1.29, 1.82) is 0 Å². The Hall–Kier alpha value is -0.240. The van der Waals surface area contributed by atoms with Gasteiger partial charge in [-0.2, -0.15) is 11.8 Å². The number of carbonyl (C=O) groups is 1. The van der Waals surface area contributed by atoms with Gasteiger partial charge in [0.05, 0.1) is 5.75 Å². The van der Waals surface area contributed by atoms with Crippen LogP contribution in [0.3, 0.4) is 0 Å². The summed E-state index contributed by atoms with van der Waals surface area (Å²) in [6, 6.07) is 0. The van der Waals surface area contributed by atoms with E-state index in [1.165, 1.54) is 25.7 Å². The van der Waals surface area contributed by atoms with Crippen LogP contribution < -0.4 is 0 Å². The molecule has 0 atom stereocenters. The van der Waals surface area contributed by atoms with E-state index in [2.05, 4.69) is 6.58 Å². The number of hydrogen-bond acceptors (Lipinski definition) is 2. The Morgan fingerprint density at radius 2 is 2.00 bits per heavy atom. The fourth-order valence-electron chi connectivity index (χ4n) is 1.69. The molecule has 0 heterocycles. The van der Waals surface area contributed by atoms with Gasteiger partial charge < -0.3 is 0 Å². The molecule has 0 aromatic rings. The van der Waals surface area contributed by atoms with Crippen molar-refractivity contribution < 1.29 is 4.79 Å². The second kappa shape index (κ2) is 6.28. The average molecular weight is 212 g/mol. The van der Waals surface area contributed by atoms with E-state index >= 15 is 0 Å². The molecule has 1 fully saturated rings. The Labute approximate surface area is 91.3 Å². The zero-order chi connectivity index (χ0) is 10.4. The van der Waals surface area contributed by atoms with Crippen molar-refractivity contribution in [3.05, 3.63) is 12.2 Å². The summed E-state index contributed by atoms with van der Waals surface area (Å²) >= 11 is 1.86. The van der Waals surface area contributed by atoms with Crippen molar-refractivity contribution in [3.63, 3.8) is 0 Å². The summed E-state index contributed by atoms with van der Waals surface area (Å²) in [4.78, 5) is 11.4. The van der Waals surface area contributed by atoms with E-state index in [0.29, 0.717) is 12.2 Å². The molecule has 0 saturated heterocycles. The van der Waals surface area contributed by atoms with Gasteiger partial charge in [-0.3, -0.25) is 4.79 Å². The number of rotatable bonds is 6. The molecule has 1 aliphatic rings. The van der Waals surface area contributed by atoms with Gasteiger partial charge in [0.1, 0.15) is 5.78 Å². The highest BCUT2D eigenvalue weighted by molar-refractivity contribution is 8.00. The number of ketones is 1. The van der Waals surface area contributed by atoms with Crippen LogP contribution >= 0.6 is 11.8 Å². The predicted octanol–water partition coefficient (Wildman–Crippen LogP) is 3.59. The lowest BCUT2D eigenvalue weighted by Crippen LogP contribution is -2.05. The molecule has 1 aliphatic carbocycles. The minimum absolute atomic E-state index is 0.393. The van der Waals surface area contributed by atoms with Crippen LogP contribution in [0, 0.1) is 0 Å². The highest BCUT2D eigenvalue weighted by Gasteiger charge is 2.16. The van der Waals surface area contributed by atoms with Gasteiger partial charge in [0, 0.05) is 11.7 Å². The van der Waals surface area contributed by atoms with Gasteiger partial charge in [-0.25, -0.2) is 0 Å². The van der Waals surface area contributed by atoms with E-state index in [4.69, 9.17) is 0 Å². The third kappa shape index (κ3) is 4.85. The minimum Gasteiger partial charge on any atom is -0.299 e. The lowest BCUT2D eigenvalue weighted by atomic mass is 10.1. The van der Waals surface area contributed by atoms with E-state index in [-0.39, 0.29) is 0 Å². The Bertz CT molecular complexity index is 204. The summed E-state index contributed by atoms with van der Waals surface area (Å²) in [6.45, 7) is 5.79. The number of hydrogen-bond donors (Lipinski definition) is 0. The fraction of sp³-hybridized carbons (Fsp3) is 0.750. The topological polar surface area (TPSA) is 17.1 Å². The highest BCUT2D eigenvalue weighted by atomic mass is 32.2. The number of thioether (sulfide) groups is 1. The first-order valence-electron chi connectivity index (χ1n) is 5.46. The maximum atomic E-state index is 11.4. The third-order valence-electron chi connectivity index (χ3n) is 2.61. The van der Waals surface area contributed by atoms with Crippen LogP contribution in [0.2, 0.25) is 0 Å². The normalized spacial score (nSPS) is 17.2. The molecule has 14 heavy (non-hydrogen) atoms. The molecule has 80 valence electrons. The standard InChI is InChI=1S/C12H20OS/c1-10(2)7-8-11(13)9-14-12-5-3-4-6-12/h12H,1,3-9H2,2H3. The van der Waals surface area contributed by atoms with Gasteiger partial charge in [0.15, 0.2) is 0 Å². The summed E-state index contributed by atoms with van der Waals surface area (Å²) in [7, 11) is 0. The van der Waals surface area contributed by atoms with E-state index in [1.807, 2.05) is 18.7 Å². The zero-order valence-corrected chi connectivity index (χ0v) is 9.87. The van der Waals surface area contributed by atoms with Gasteiger partial charge in [-0.05, 0) is 26.2 Å². The molecular weight excluding hydrogens is 192 g/mol. The Morgan fingerprint density at radius 3 is 2.57 bits per heavy atom. The van der Waals surface area contributed by atoms with Gasteiger partial charge in [-0.15, -0.1) is 6.58 Å². The Morgan fingerprint density at radius 1 is 1.36 bits per heavy atom. The van der Waals surface area contributed by atoms with Crippen molar-refractivity contribution in [3.8, 4) is 0 Å². The number of carbonyl (C=O) groups excluding carboxylic acids is 1. The molecule has 1 rings (SSSR count). The van der Waals surface area contributed by atoms with Crippen LogP contribution in [0.15, 0.2) is 12.2 Å². The molecule has 0 amide bonds. The Kier molecular flexibility index (Phi) is 5.31. The lowest BCUT2D eigenvalue weighted by Gasteiger charge is -2.07. The molecule has 0 bridgehead atoms. The van der Waals surface area contributed by atoms with Crippen LogP contribution in [0.5, 0.6) is 0 Å². The first-order valence-corrected chi connectivity index (χ1v) is 6.51. The first kappa shape index (κ1) is 11.8. The zero-order valence-electron chi connectivity index (χ0n) is 9.05. The average Bonchev–Trinajstić information content (AvgIpc) is 2.63. The summed E-state index contributed by atoms with van der Waals surface area (Å²) in [5, 5.41) is 0.767. The molecule has 1 saturated carbocycles. The third-order valence-corrected chi connectivity index (χ3v) is 4.04. The predicted molar refractivity (Wildman–Crippen MR) is 63.8 cm³/mol. The fourth-order valence-corrected chi connectivity index (χ4v) is 2.92. The van der Waals surface area contributed by atoms with Crippen molar-refractivity contribution >= 4 is 17.5 Å². The van der Waals surface area contributed by atoms with Gasteiger partial charge >= 0.3 is 0 Å². The lowest BCUT2D eigenvalue weighted by molar-refractivity contribution is -0.116. The van der Waals surface area contributed by atoms with Crippen molar-refractivity contribution in [2.75, 3.05) is 5.75 Å². The monoisotopic (exact) mass is 212 g/mol. The molecule has 0 unspecified atom stereocenters. The van der Waals surface area contributed by atoms with Crippen LogP contribution in [0.25, 0.3) is 0 Å². The van der Waals surface area contributed by atoms with E-state index in [0.717, 1.165) is 23.0 Å². The molecule has 1 nitrogen and oxygen atoms in total.